The highest BCUT2D eigenvalue weighted by atomic mass is 35.5. The molecule has 144 valence electrons. The third-order valence-corrected chi connectivity index (χ3v) is 5.33. The summed E-state index contributed by atoms with van der Waals surface area (Å²) in [6.45, 7) is 1.93. The lowest BCUT2D eigenvalue weighted by atomic mass is 10.1. The number of hydrogen-bond acceptors (Lipinski definition) is 3. The van der Waals surface area contributed by atoms with Crippen molar-refractivity contribution in [1.82, 2.24) is 4.90 Å². The van der Waals surface area contributed by atoms with Gasteiger partial charge in [-0.2, -0.15) is 0 Å². The fraction of sp³-hybridized carbons (Fsp3) is 0.0870. The van der Waals surface area contributed by atoms with E-state index >= 15 is 0 Å². The van der Waals surface area contributed by atoms with Crippen LogP contribution in [0.2, 0.25) is 5.02 Å². The van der Waals surface area contributed by atoms with E-state index in [0.717, 1.165) is 5.56 Å². The van der Waals surface area contributed by atoms with Crippen LogP contribution in [-0.4, -0.2) is 22.6 Å². The highest BCUT2D eigenvalue weighted by Crippen LogP contribution is 2.25. The lowest BCUT2D eigenvalue weighted by Gasteiger charge is -2.15. The SMILES string of the molecule is Cc1c(Cl)cccc1NC(=O)c1cccc(CN2C(=O)c3ccccc3C2=O)c1. The van der Waals surface area contributed by atoms with Gasteiger partial charge in [0.15, 0.2) is 0 Å². The van der Waals surface area contributed by atoms with E-state index in [-0.39, 0.29) is 24.3 Å². The second kappa shape index (κ2) is 7.53. The first kappa shape index (κ1) is 18.9. The van der Waals surface area contributed by atoms with Crippen molar-refractivity contribution in [2.24, 2.45) is 0 Å². The average molecular weight is 405 g/mol. The molecule has 0 fully saturated rings. The molecule has 0 saturated heterocycles. The predicted molar refractivity (Wildman–Crippen MR) is 111 cm³/mol. The van der Waals surface area contributed by atoms with Gasteiger partial charge in [0.1, 0.15) is 0 Å². The molecular weight excluding hydrogens is 388 g/mol. The Bertz CT molecular complexity index is 1120. The zero-order valence-corrected chi connectivity index (χ0v) is 16.4. The monoisotopic (exact) mass is 404 g/mol. The molecule has 5 nitrogen and oxygen atoms in total. The first-order valence-corrected chi connectivity index (χ1v) is 9.44. The van der Waals surface area contributed by atoms with Crippen LogP contribution in [0.15, 0.2) is 66.7 Å². The summed E-state index contributed by atoms with van der Waals surface area (Å²) < 4.78 is 0. The minimum absolute atomic E-state index is 0.101. The van der Waals surface area contributed by atoms with Gasteiger partial charge in [-0.3, -0.25) is 19.3 Å². The Morgan fingerprint density at radius 1 is 0.931 bits per heavy atom. The first-order valence-electron chi connectivity index (χ1n) is 9.06. The van der Waals surface area contributed by atoms with Gasteiger partial charge in [-0.05, 0) is 54.4 Å². The van der Waals surface area contributed by atoms with E-state index in [4.69, 9.17) is 11.6 Å². The van der Waals surface area contributed by atoms with Crippen LogP contribution in [0.3, 0.4) is 0 Å². The number of nitrogens with zero attached hydrogens (tertiary/aromatic N) is 1. The van der Waals surface area contributed by atoms with E-state index in [1.54, 1.807) is 66.7 Å². The van der Waals surface area contributed by atoms with E-state index in [2.05, 4.69) is 5.32 Å². The van der Waals surface area contributed by atoms with Gasteiger partial charge in [0.25, 0.3) is 17.7 Å². The van der Waals surface area contributed by atoms with Crippen molar-refractivity contribution in [2.75, 3.05) is 5.32 Å². The molecule has 6 heteroatoms. The zero-order chi connectivity index (χ0) is 20.5. The van der Waals surface area contributed by atoms with Crippen LogP contribution in [0.25, 0.3) is 0 Å². The Labute approximate surface area is 172 Å². The Kier molecular flexibility index (Phi) is 4.91. The molecule has 0 aliphatic carbocycles. The molecule has 0 bridgehead atoms. The van der Waals surface area contributed by atoms with Crippen LogP contribution in [0, 0.1) is 6.92 Å². The van der Waals surface area contributed by atoms with E-state index in [0.29, 0.717) is 33.0 Å². The van der Waals surface area contributed by atoms with Crippen LogP contribution in [0.5, 0.6) is 0 Å². The van der Waals surface area contributed by atoms with Crippen molar-refractivity contribution >= 4 is 35.0 Å². The fourth-order valence-electron chi connectivity index (χ4n) is 3.31. The van der Waals surface area contributed by atoms with Crippen molar-refractivity contribution in [3.63, 3.8) is 0 Å². The summed E-state index contributed by atoms with van der Waals surface area (Å²) in [4.78, 5) is 39.0. The molecule has 1 aliphatic rings. The van der Waals surface area contributed by atoms with Gasteiger partial charge in [0.2, 0.25) is 0 Å². The number of carbonyl (C=O) groups excluding carboxylic acids is 3. The molecule has 4 rings (SSSR count). The van der Waals surface area contributed by atoms with Crippen LogP contribution < -0.4 is 5.32 Å². The van der Waals surface area contributed by atoms with E-state index in [1.165, 1.54) is 4.90 Å². The summed E-state index contributed by atoms with van der Waals surface area (Å²) in [6.07, 6.45) is 0. The fourth-order valence-corrected chi connectivity index (χ4v) is 3.49. The van der Waals surface area contributed by atoms with Crippen molar-refractivity contribution in [1.29, 1.82) is 0 Å². The summed E-state index contributed by atoms with van der Waals surface area (Å²) in [6, 6.07) is 18.9. The molecule has 0 spiro atoms. The van der Waals surface area contributed by atoms with Gasteiger partial charge in [-0.15, -0.1) is 0 Å². The number of carbonyl (C=O) groups is 3. The van der Waals surface area contributed by atoms with Crippen molar-refractivity contribution in [3.8, 4) is 0 Å². The molecule has 3 aromatic carbocycles. The third kappa shape index (κ3) is 3.52. The van der Waals surface area contributed by atoms with Crippen molar-refractivity contribution < 1.29 is 14.4 Å². The maximum absolute atomic E-state index is 12.7. The number of halogens is 1. The lowest BCUT2D eigenvalue weighted by molar-refractivity contribution is 0.0642. The molecular formula is C23H17ClN2O3. The first-order chi connectivity index (χ1) is 14.0. The van der Waals surface area contributed by atoms with Crippen LogP contribution in [-0.2, 0) is 6.54 Å². The molecule has 29 heavy (non-hydrogen) atoms. The number of benzene rings is 3. The van der Waals surface area contributed by atoms with Crippen molar-refractivity contribution in [3.05, 3.63) is 99.6 Å². The summed E-state index contributed by atoms with van der Waals surface area (Å²) >= 11 is 6.11. The molecule has 0 unspecified atom stereocenters. The maximum Gasteiger partial charge on any atom is 0.261 e. The summed E-state index contributed by atoms with van der Waals surface area (Å²) in [5, 5.41) is 3.42. The number of nitrogens with one attached hydrogen (secondary N) is 1. The number of anilines is 1. The lowest BCUT2D eigenvalue weighted by Crippen LogP contribution is -2.29. The minimum Gasteiger partial charge on any atom is -0.322 e. The maximum atomic E-state index is 12.7. The van der Waals surface area contributed by atoms with Gasteiger partial charge in [0.05, 0.1) is 17.7 Å². The minimum atomic E-state index is -0.324. The second-order valence-electron chi connectivity index (χ2n) is 6.81. The number of imide groups is 1. The van der Waals surface area contributed by atoms with E-state index in [9.17, 15) is 14.4 Å². The van der Waals surface area contributed by atoms with Gasteiger partial charge in [0, 0.05) is 16.3 Å². The molecule has 3 amide bonds. The topological polar surface area (TPSA) is 66.5 Å². The normalized spacial score (nSPS) is 12.8. The summed E-state index contributed by atoms with van der Waals surface area (Å²) in [5.41, 5.74) is 3.34. The molecule has 0 aromatic heterocycles. The Hall–Kier alpha value is -3.44. The molecule has 0 saturated carbocycles. The number of rotatable bonds is 4. The molecule has 0 atom stereocenters. The summed E-state index contributed by atoms with van der Waals surface area (Å²) in [7, 11) is 0. The van der Waals surface area contributed by atoms with Gasteiger partial charge in [-0.25, -0.2) is 0 Å². The van der Waals surface area contributed by atoms with E-state index < -0.39 is 0 Å². The number of hydrogen-bond donors (Lipinski definition) is 1. The van der Waals surface area contributed by atoms with E-state index in [1.807, 2.05) is 6.92 Å². The standard InChI is InChI=1S/C23H17ClN2O3/c1-14-19(24)10-5-11-20(14)25-21(27)16-7-4-6-15(12-16)13-26-22(28)17-8-2-3-9-18(17)23(26)29/h2-12H,13H2,1H3,(H,25,27). The second-order valence-corrected chi connectivity index (χ2v) is 7.22. The average Bonchev–Trinajstić information content (AvgIpc) is 2.97. The predicted octanol–water partition coefficient (Wildman–Crippen LogP) is 4.70. The quantitative estimate of drug-likeness (QED) is 0.641. The smallest absolute Gasteiger partial charge is 0.261 e. The Morgan fingerprint density at radius 2 is 1.59 bits per heavy atom. The zero-order valence-electron chi connectivity index (χ0n) is 15.6. The van der Waals surface area contributed by atoms with Gasteiger partial charge < -0.3 is 5.32 Å². The van der Waals surface area contributed by atoms with Crippen LogP contribution in [0.1, 0.15) is 42.2 Å². The molecule has 1 heterocycles. The Morgan fingerprint density at radius 3 is 2.28 bits per heavy atom. The van der Waals surface area contributed by atoms with Gasteiger partial charge >= 0.3 is 0 Å². The molecule has 0 radical (unpaired) electrons. The summed E-state index contributed by atoms with van der Waals surface area (Å²) in [5.74, 6) is -0.940. The molecule has 3 aromatic rings. The number of fused-ring (bicyclic) bond motifs is 1. The number of amides is 3. The van der Waals surface area contributed by atoms with Gasteiger partial charge in [-0.1, -0.05) is 41.9 Å². The largest absolute Gasteiger partial charge is 0.322 e. The molecule has 1 N–H and O–H groups in total. The highest BCUT2D eigenvalue weighted by Gasteiger charge is 2.34. The molecule has 1 aliphatic heterocycles. The Balaban J connectivity index is 1.54. The van der Waals surface area contributed by atoms with Crippen LogP contribution >= 0.6 is 11.6 Å². The van der Waals surface area contributed by atoms with Crippen molar-refractivity contribution in [2.45, 2.75) is 13.5 Å². The van der Waals surface area contributed by atoms with Crippen LogP contribution in [0.4, 0.5) is 5.69 Å². The third-order valence-electron chi connectivity index (χ3n) is 4.92. The highest BCUT2D eigenvalue weighted by molar-refractivity contribution is 6.31.